The molecule has 0 saturated carbocycles. The minimum atomic E-state index is -0.777. The van der Waals surface area contributed by atoms with Crippen LogP contribution < -0.4 is 10.1 Å². The monoisotopic (exact) mass is 468 g/mol. The van der Waals surface area contributed by atoms with E-state index in [1.54, 1.807) is 24.3 Å². The third-order valence-corrected chi connectivity index (χ3v) is 6.54. The summed E-state index contributed by atoms with van der Waals surface area (Å²) in [5.74, 6) is 0.939. The second-order valence-corrected chi connectivity index (χ2v) is 8.75. The molecule has 178 valence electrons. The van der Waals surface area contributed by atoms with Crippen molar-refractivity contribution in [3.05, 3.63) is 101 Å². The van der Waals surface area contributed by atoms with Crippen LogP contribution in [0.5, 0.6) is 5.75 Å². The van der Waals surface area contributed by atoms with E-state index in [0.29, 0.717) is 17.8 Å². The number of hydrazine groups is 1. The highest BCUT2D eigenvalue weighted by Gasteiger charge is 2.55. The first-order valence-electron chi connectivity index (χ1n) is 11.8. The number of hydrogen-bond donors (Lipinski definition) is 1. The van der Waals surface area contributed by atoms with E-state index in [-0.39, 0.29) is 18.0 Å². The van der Waals surface area contributed by atoms with E-state index in [1.807, 2.05) is 85.6 Å². The molecule has 0 spiro atoms. The van der Waals surface area contributed by atoms with Crippen molar-refractivity contribution in [1.29, 1.82) is 0 Å². The quantitative estimate of drug-likeness (QED) is 0.581. The summed E-state index contributed by atoms with van der Waals surface area (Å²) in [5, 5.41) is 6.68. The second-order valence-electron chi connectivity index (χ2n) is 8.75. The third kappa shape index (κ3) is 4.08. The van der Waals surface area contributed by atoms with Crippen LogP contribution >= 0.6 is 0 Å². The lowest BCUT2D eigenvalue weighted by atomic mass is 9.97. The average molecular weight is 469 g/mol. The van der Waals surface area contributed by atoms with Crippen LogP contribution in [0, 0.1) is 6.92 Å². The number of aryl methyl sites for hydroxylation is 1. The van der Waals surface area contributed by atoms with Gasteiger partial charge in [0.05, 0.1) is 13.2 Å². The van der Waals surface area contributed by atoms with Gasteiger partial charge in [0.2, 0.25) is 0 Å². The van der Waals surface area contributed by atoms with Crippen LogP contribution in [0.15, 0.2) is 83.9 Å². The molecule has 0 radical (unpaired) electrons. The van der Waals surface area contributed by atoms with Crippen LogP contribution in [-0.2, 0) is 4.79 Å². The second kappa shape index (κ2) is 9.35. The van der Waals surface area contributed by atoms with Gasteiger partial charge in [-0.2, -0.15) is 5.01 Å². The minimum Gasteiger partial charge on any atom is -0.497 e. The van der Waals surface area contributed by atoms with Gasteiger partial charge >= 0.3 is 0 Å². The molecule has 1 N–H and O–H groups in total. The van der Waals surface area contributed by atoms with Crippen LogP contribution in [0.25, 0.3) is 0 Å². The van der Waals surface area contributed by atoms with Crippen LogP contribution in [0.3, 0.4) is 0 Å². The predicted octanol–water partition coefficient (Wildman–Crippen LogP) is 4.42. The van der Waals surface area contributed by atoms with E-state index in [4.69, 9.17) is 9.73 Å². The van der Waals surface area contributed by atoms with Crippen molar-refractivity contribution in [3.63, 3.8) is 0 Å². The Kier molecular flexibility index (Phi) is 6.09. The highest BCUT2D eigenvalue weighted by Crippen LogP contribution is 2.45. The summed E-state index contributed by atoms with van der Waals surface area (Å²) >= 11 is 0. The number of aliphatic imine (C=N–C) groups is 1. The van der Waals surface area contributed by atoms with E-state index in [9.17, 15) is 9.59 Å². The number of nitrogens with zero attached hydrogens (tertiary/aromatic N) is 3. The van der Waals surface area contributed by atoms with Crippen molar-refractivity contribution >= 4 is 17.6 Å². The van der Waals surface area contributed by atoms with E-state index < -0.39 is 12.1 Å². The van der Waals surface area contributed by atoms with Crippen molar-refractivity contribution in [3.8, 4) is 5.75 Å². The number of fused-ring (bicyclic) bond motifs is 1. The van der Waals surface area contributed by atoms with Gasteiger partial charge in [0.1, 0.15) is 23.8 Å². The average Bonchev–Trinajstić information content (AvgIpc) is 3.40. The normalized spacial score (nSPS) is 21.6. The van der Waals surface area contributed by atoms with Crippen molar-refractivity contribution in [1.82, 2.24) is 15.3 Å². The Morgan fingerprint density at radius 2 is 1.63 bits per heavy atom. The zero-order valence-corrected chi connectivity index (χ0v) is 20.0. The van der Waals surface area contributed by atoms with Gasteiger partial charge < -0.3 is 10.1 Å². The van der Waals surface area contributed by atoms with Gasteiger partial charge in [-0.25, -0.2) is 10.0 Å². The number of hydrogen-bond acceptors (Lipinski definition) is 5. The molecular formula is C28H28N4O3. The van der Waals surface area contributed by atoms with Gasteiger partial charge in [-0.15, -0.1) is 0 Å². The molecule has 5 rings (SSSR count). The summed E-state index contributed by atoms with van der Waals surface area (Å²) in [7, 11) is 1.62. The largest absolute Gasteiger partial charge is 0.497 e. The third-order valence-electron chi connectivity index (χ3n) is 6.54. The summed E-state index contributed by atoms with van der Waals surface area (Å²) in [4.78, 5) is 31.9. The number of amidine groups is 1. The Labute approximate surface area is 205 Å². The Morgan fingerprint density at radius 1 is 0.971 bits per heavy atom. The number of carbonyl (C=O) groups excluding carboxylic acids is 2. The molecule has 1 saturated heterocycles. The van der Waals surface area contributed by atoms with Gasteiger partial charge in [0, 0.05) is 12.0 Å². The molecule has 2 heterocycles. The number of nitrogens with one attached hydrogen (secondary N) is 1. The lowest BCUT2D eigenvalue weighted by Crippen LogP contribution is -2.44. The number of ether oxygens (including phenoxy) is 1. The highest BCUT2D eigenvalue weighted by molar-refractivity contribution is 6.05. The highest BCUT2D eigenvalue weighted by atomic mass is 16.5. The maximum atomic E-state index is 13.8. The fraction of sp³-hybridized carbons (Fsp3) is 0.250. The van der Waals surface area contributed by atoms with Crippen molar-refractivity contribution < 1.29 is 14.3 Å². The molecule has 0 bridgehead atoms. The van der Waals surface area contributed by atoms with Gasteiger partial charge in [0.25, 0.3) is 11.8 Å². The van der Waals surface area contributed by atoms with Crippen molar-refractivity contribution in [2.24, 2.45) is 4.99 Å². The van der Waals surface area contributed by atoms with E-state index in [2.05, 4.69) is 5.32 Å². The number of benzene rings is 3. The number of methoxy groups -OCH3 is 1. The molecule has 3 atom stereocenters. The topological polar surface area (TPSA) is 74.2 Å². The van der Waals surface area contributed by atoms with Crippen LogP contribution in [0.4, 0.5) is 0 Å². The van der Waals surface area contributed by atoms with Crippen LogP contribution in [-0.4, -0.2) is 40.8 Å². The van der Waals surface area contributed by atoms with Gasteiger partial charge in [-0.1, -0.05) is 67.1 Å². The lowest BCUT2D eigenvalue weighted by molar-refractivity contribution is -0.132. The van der Waals surface area contributed by atoms with Crippen LogP contribution in [0.2, 0.25) is 0 Å². The number of amides is 2. The maximum absolute atomic E-state index is 13.8. The molecule has 0 unspecified atom stereocenters. The smallest absolute Gasteiger partial charge is 0.267 e. The Hall–Kier alpha value is -3.97. The zero-order valence-electron chi connectivity index (χ0n) is 20.0. The molecule has 3 aromatic rings. The summed E-state index contributed by atoms with van der Waals surface area (Å²) in [6.07, 6.45) is 0.222. The summed E-state index contributed by atoms with van der Waals surface area (Å²) < 4.78 is 5.34. The lowest BCUT2D eigenvalue weighted by Gasteiger charge is -2.31. The number of rotatable bonds is 6. The Bertz CT molecular complexity index is 1260. The summed E-state index contributed by atoms with van der Waals surface area (Å²) in [6, 6.07) is 23.6. The molecule has 0 aromatic heterocycles. The standard InChI is InChI=1S/C28H28N4O3/c1-4-23-29-26(20-12-10-18(2)11-13-20)32-25(19-14-16-22(35-3)17-15-19)24(28(34)31(23)32)30-27(33)21-8-6-5-7-9-21/h5-17,24-26H,4H2,1-3H3,(H,30,33)/t24-,25-,26+/m1/s1. The molecule has 35 heavy (non-hydrogen) atoms. The van der Waals surface area contributed by atoms with E-state index >= 15 is 0 Å². The maximum Gasteiger partial charge on any atom is 0.267 e. The molecule has 2 aliphatic rings. The van der Waals surface area contributed by atoms with Crippen molar-refractivity contribution in [2.45, 2.75) is 38.5 Å². The van der Waals surface area contributed by atoms with Gasteiger partial charge in [0.15, 0.2) is 0 Å². The fourth-order valence-corrected chi connectivity index (χ4v) is 4.74. The van der Waals surface area contributed by atoms with Crippen molar-refractivity contribution in [2.75, 3.05) is 7.11 Å². The summed E-state index contributed by atoms with van der Waals surface area (Å²) in [5.41, 5.74) is 3.55. The molecule has 1 fully saturated rings. The molecule has 7 heteroatoms. The number of carbonyl (C=O) groups is 2. The molecule has 7 nitrogen and oxygen atoms in total. The van der Waals surface area contributed by atoms with Crippen LogP contribution in [0.1, 0.15) is 52.6 Å². The van der Waals surface area contributed by atoms with Gasteiger partial charge in [-0.05, 0) is 42.3 Å². The molecule has 2 aliphatic heterocycles. The first-order chi connectivity index (χ1) is 17.0. The predicted molar refractivity (Wildman–Crippen MR) is 134 cm³/mol. The molecule has 0 aliphatic carbocycles. The molecular weight excluding hydrogens is 440 g/mol. The fourth-order valence-electron chi connectivity index (χ4n) is 4.74. The SMILES string of the molecule is CCC1=N[C@H](c2ccc(C)cc2)N2[C@H](c3ccc(OC)cc3)[C@@H](NC(=O)c3ccccc3)C(=O)N12. The Morgan fingerprint density at radius 3 is 2.26 bits per heavy atom. The first-order valence-corrected chi connectivity index (χ1v) is 11.8. The molecule has 3 aromatic carbocycles. The first kappa shape index (κ1) is 22.8. The minimum absolute atomic E-state index is 0.190. The Balaban J connectivity index is 1.58. The summed E-state index contributed by atoms with van der Waals surface area (Å²) in [6.45, 7) is 4.03. The van der Waals surface area contributed by atoms with E-state index in [1.165, 1.54) is 0 Å². The van der Waals surface area contributed by atoms with E-state index in [0.717, 1.165) is 22.4 Å². The zero-order chi connectivity index (χ0) is 24.5. The molecule has 2 amide bonds. The van der Waals surface area contributed by atoms with Gasteiger partial charge in [-0.3, -0.25) is 9.59 Å².